The van der Waals surface area contributed by atoms with E-state index in [-0.39, 0.29) is 5.78 Å². The van der Waals surface area contributed by atoms with Crippen LogP contribution in [-0.4, -0.2) is 29.5 Å². The molecule has 1 aromatic carbocycles. The monoisotopic (exact) mass is 349 g/mol. The van der Waals surface area contributed by atoms with Gasteiger partial charge in [0.15, 0.2) is 6.10 Å². The molecule has 0 bridgehead atoms. The molecule has 0 amide bonds. The predicted molar refractivity (Wildman–Crippen MR) is 92.1 cm³/mol. The second-order valence-corrected chi connectivity index (χ2v) is 6.00. The van der Waals surface area contributed by atoms with Gasteiger partial charge in [-0.1, -0.05) is 11.6 Å². The van der Waals surface area contributed by atoms with Gasteiger partial charge in [-0.2, -0.15) is 0 Å². The molecule has 0 aliphatic heterocycles. The van der Waals surface area contributed by atoms with Crippen molar-refractivity contribution in [3.63, 3.8) is 0 Å². The molecule has 2 aromatic rings. The van der Waals surface area contributed by atoms with Crippen LogP contribution in [0.4, 0.5) is 0 Å². The molecule has 6 heteroatoms. The van der Waals surface area contributed by atoms with Crippen LogP contribution in [0.15, 0.2) is 24.3 Å². The molecule has 5 nitrogen and oxygen atoms in total. The predicted octanol–water partition coefficient (Wildman–Crippen LogP) is 3.73. The van der Waals surface area contributed by atoms with E-state index in [1.54, 1.807) is 56.7 Å². The van der Waals surface area contributed by atoms with Crippen molar-refractivity contribution in [1.82, 2.24) is 4.57 Å². The number of rotatable bonds is 5. The van der Waals surface area contributed by atoms with Gasteiger partial charge in [0.1, 0.15) is 11.4 Å². The van der Waals surface area contributed by atoms with Crippen molar-refractivity contribution in [1.29, 1.82) is 0 Å². The molecule has 1 atom stereocenters. The van der Waals surface area contributed by atoms with Crippen LogP contribution < -0.4 is 4.74 Å². The fourth-order valence-electron chi connectivity index (χ4n) is 2.70. The average molecular weight is 350 g/mol. The number of hydrogen-bond donors (Lipinski definition) is 0. The summed E-state index contributed by atoms with van der Waals surface area (Å²) in [6, 6.07) is 6.80. The molecule has 0 spiro atoms. The minimum Gasteiger partial charge on any atom is -0.483 e. The number of benzene rings is 1. The second-order valence-electron chi connectivity index (χ2n) is 5.56. The summed E-state index contributed by atoms with van der Waals surface area (Å²) in [5.41, 5.74) is 2.15. The average Bonchev–Trinajstić information content (AvgIpc) is 2.78. The zero-order chi connectivity index (χ0) is 18.0. The van der Waals surface area contributed by atoms with Gasteiger partial charge in [0, 0.05) is 23.3 Å². The van der Waals surface area contributed by atoms with Gasteiger partial charge in [0.25, 0.3) is 0 Å². The van der Waals surface area contributed by atoms with Gasteiger partial charge in [-0.25, -0.2) is 4.79 Å². The van der Waals surface area contributed by atoms with E-state index in [0.717, 1.165) is 0 Å². The molecule has 0 unspecified atom stereocenters. The zero-order valence-corrected chi connectivity index (χ0v) is 15.1. The number of carbonyl (C=O) groups excluding carboxylic acids is 2. The van der Waals surface area contributed by atoms with Crippen molar-refractivity contribution in [3.05, 3.63) is 51.8 Å². The molecule has 1 heterocycles. The zero-order valence-electron chi connectivity index (χ0n) is 14.3. The molecule has 1 aromatic heterocycles. The van der Waals surface area contributed by atoms with Crippen LogP contribution in [0.1, 0.15) is 39.0 Å². The Labute approximate surface area is 146 Å². The first kappa shape index (κ1) is 18.1. The molecule has 0 saturated carbocycles. The lowest BCUT2D eigenvalue weighted by Gasteiger charge is -2.14. The lowest BCUT2D eigenvalue weighted by molar-refractivity contribution is 0.0588. The summed E-state index contributed by atoms with van der Waals surface area (Å²) in [7, 11) is 3.05. The van der Waals surface area contributed by atoms with E-state index in [2.05, 4.69) is 0 Å². The number of halogens is 1. The quantitative estimate of drug-likeness (QED) is 0.609. The van der Waals surface area contributed by atoms with Gasteiger partial charge in [-0.05, 0) is 50.6 Å². The van der Waals surface area contributed by atoms with E-state index >= 15 is 0 Å². The Kier molecular flexibility index (Phi) is 5.34. The van der Waals surface area contributed by atoms with Gasteiger partial charge < -0.3 is 14.0 Å². The van der Waals surface area contributed by atoms with E-state index in [1.807, 2.05) is 0 Å². The molecule has 0 fully saturated rings. The Balaban J connectivity index is 2.32. The summed E-state index contributed by atoms with van der Waals surface area (Å²) < 4.78 is 12.2. The normalized spacial score (nSPS) is 11.9. The number of ether oxygens (including phenoxy) is 2. The maximum Gasteiger partial charge on any atom is 0.354 e. The Morgan fingerprint density at radius 1 is 1.17 bits per heavy atom. The van der Waals surface area contributed by atoms with Gasteiger partial charge in [-0.15, -0.1) is 0 Å². The van der Waals surface area contributed by atoms with Crippen LogP contribution in [0.3, 0.4) is 0 Å². The Hall–Kier alpha value is -2.27. The molecule has 128 valence electrons. The second kappa shape index (κ2) is 7.09. The number of carbonyl (C=O) groups is 2. The summed E-state index contributed by atoms with van der Waals surface area (Å²) in [5.74, 6) is -0.103. The van der Waals surface area contributed by atoms with Gasteiger partial charge in [-0.3, -0.25) is 4.79 Å². The topological polar surface area (TPSA) is 57.5 Å². The summed E-state index contributed by atoms with van der Waals surface area (Å²) in [6.07, 6.45) is -0.698. The highest BCUT2D eigenvalue weighted by Gasteiger charge is 2.28. The van der Waals surface area contributed by atoms with Crippen molar-refractivity contribution >= 4 is 23.4 Å². The first-order chi connectivity index (χ1) is 11.3. The van der Waals surface area contributed by atoms with E-state index in [9.17, 15) is 9.59 Å². The third-order valence-electron chi connectivity index (χ3n) is 4.05. The van der Waals surface area contributed by atoms with E-state index in [1.165, 1.54) is 7.11 Å². The van der Waals surface area contributed by atoms with Crippen LogP contribution in [0.5, 0.6) is 5.75 Å². The van der Waals surface area contributed by atoms with Gasteiger partial charge in [0.05, 0.1) is 7.11 Å². The van der Waals surface area contributed by atoms with Crippen LogP contribution in [0.2, 0.25) is 5.02 Å². The number of nitrogens with zero attached hydrogens (tertiary/aromatic N) is 1. The lowest BCUT2D eigenvalue weighted by atomic mass is 10.0. The molecule has 0 saturated heterocycles. The summed E-state index contributed by atoms with van der Waals surface area (Å²) >= 11 is 5.84. The van der Waals surface area contributed by atoms with E-state index in [0.29, 0.717) is 33.3 Å². The fourth-order valence-corrected chi connectivity index (χ4v) is 2.83. The van der Waals surface area contributed by atoms with Crippen molar-refractivity contribution in [2.24, 2.45) is 7.05 Å². The molecular formula is C18H20ClNO4. The highest BCUT2D eigenvalue weighted by atomic mass is 35.5. The molecular weight excluding hydrogens is 330 g/mol. The van der Waals surface area contributed by atoms with E-state index in [4.69, 9.17) is 21.1 Å². The largest absolute Gasteiger partial charge is 0.483 e. The highest BCUT2D eigenvalue weighted by Crippen LogP contribution is 2.25. The number of hydrogen-bond acceptors (Lipinski definition) is 4. The molecule has 24 heavy (non-hydrogen) atoms. The number of Topliss-reactive ketones (excluding diaryl/α,β-unsaturated/α-hetero) is 1. The third kappa shape index (κ3) is 3.31. The van der Waals surface area contributed by atoms with Crippen molar-refractivity contribution in [2.75, 3.05) is 7.11 Å². The Morgan fingerprint density at radius 3 is 2.29 bits per heavy atom. The van der Waals surface area contributed by atoms with Crippen LogP contribution >= 0.6 is 11.6 Å². The SMILES string of the molecule is COC(=O)c1c(C)c(C(=O)[C@H](C)Oc2ccc(Cl)cc2)c(C)n1C. The lowest BCUT2D eigenvalue weighted by Crippen LogP contribution is -2.25. The molecule has 0 aliphatic rings. The molecule has 0 aliphatic carbocycles. The highest BCUT2D eigenvalue weighted by molar-refractivity contribution is 6.30. The number of ketones is 1. The summed E-state index contributed by atoms with van der Waals surface area (Å²) in [6.45, 7) is 5.21. The summed E-state index contributed by atoms with van der Waals surface area (Å²) in [4.78, 5) is 24.8. The van der Waals surface area contributed by atoms with Gasteiger partial charge in [0.2, 0.25) is 5.78 Å². The molecule has 0 radical (unpaired) electrons. The Bertz CT molecular complexity index is 777. The van der Waals surface area contributed by atoms with Crippen LogP contribution in [0.25, 0.3) is 0 Å². The fraction of sp³-hybridized carbons (Fsp3) is 0.333. The molecule has 2 rings (SSSR count). The van der Waals surface area contributed by atoms with Crippen LogP contribution in [-0.2, 0) is 11.8 Å². The van der Waals surface area contributed by atoms with Crippen LogP contribution in [0, 0.1) is 13.8 Å². The Morgan fingerprint density at radius 2 is 1.75 bits per heavy atom. The molecule has 0 N–H and O–H groups in total. The minimum atomic E-state index is -0.698. The number of esters is 1. The maximum atomic E-state index is 12.8. The van der Waals surface area contributed by atoms with E-state index < -0.39 is 12.1 Å². The summed E-state index contributed by atoms with van der Waals surface area (Å²) in [5, 5.41) is 0.596. The third-order valence-corrected chi connectivity index (χ3v) is 4.30. The van der Waals surface area contributed by atoms with Crippen molar-refractivity contribution < 1.29 is 19.1 Å². The van der Waals surface area contributed by atoms with Crippen molar-refractivity contribution in [2.45, 2.75) is 26.9 Å². The first-order valence-electron chi connectivity index (χ1n) is 7.48. The number of methoxy groups -OCH3 is 1. The smallest absolute Gasteiger partial charge is 0.354 e. The standard InChI is InChI=1S/C18H20ClNO4/c1-10-15(11(2)20(4)16(10)18(22)23-5)17(21)12(3)24-14-8-6-13(19)7-9-14/h6-9,12H,1-5H3/t12-/m0/s1. The maximum absolute atomic E-state index is 12.8. The van der Waals surface area contributed by atoms with Crippen molar-refractivity contribution in [3.8, 4) is 5.75 Å². The van der Waals surface area contributed by atoms with Gasteiger partial charge >= 0.3 is 5.97 Å². The first-order valence-corrected chi connectivity index (χ1v) is 7.86. The minimum absolute atomic E-state index is 0.189. The number of aromatic nitrogens is 1.